The van der Waals surface area contributed by atoms with Crippen molar-refractivity contribution in [3.63, 3.8) is 0 Å². The number of nitrogens with zero attached hydrogens (tertiary/aromatic N) is 3. The summed E-state index contributed by atoms with van der Waals surface area (Å²) in [7, 11) is -4.61. The van der Waals surface area contributed by atoms with Gasteiger partial charge in [-0.2, -0.15) is 17.5 Å². The largest absolute Gasteiger partial charge is 0.416 e. The first-order valence-electron chi connectivity index (χ1n) is 12.1. The van der Waals surface area contributed by atoms with Crippen molar-refractivity contribution < 1.29 is 36.0 Å². The summed E-state index contributed by atoms with van der Waals surface area (Å²) in [4.78, 5) is 42.1. The second-order valence-corrected chi connectivity index (χ2v) is 12.5. The Balaban J connectivity index is 1.88. The van der Waals surface area contributed by atoms with Gasteiger partial charge in [0.05, 0.1) is 17.1 Å². The number of amides is 3. The van der Waals surface area contributed by atoms with E-state index < -0.39 is 76.7 Å². The Labute approximate surface area is 238 Å². The molecule has 216 valence electrons. The molecular formula is C25H25Cl2F3N4O5S. The molecule has 3 amide bonds. The molecule has 0 aromatic heterocycles. The van der Waals surface area contributed by atoms with E-state index in [-0.39, 0.29) is 26.9 Å². The summed E-state index contributed by atoms with van der Waals surface area (Å²) in [5.41, 5.74) is 2.88. The van der Waals surface area contributed by atoms with E-state index in [1.165, 1.54) is 17.0 Å². The molecule has 2 saturated heterocycles. The Kier molecular flexibility index (Phi) is 7.91. The first kappa shape index (κ1) is 30.1. The molecule has 2 fully saturated rings. The fourth-order valence-electron chi connectivity index (χ4n) is 5.14. The van der Waals surface area contributed by atoms with Crippen molar-refractivity contribution in [2.45, 2.75) is 55.5 Å². The monoisotopic (exact) mass is 620 g/mol. The highest BCUT2D eigenvalue weighted by Gasteiger charge is 2.64. The molecule has 15 heteroatoms. The minimum atomic E-state index is -4.61. The third kappa shape index (κ3) is 5.04. The van der Waals surface area contributed by atoms with Gasteiger partial charge in [-0.1, -0.05) is 35.3 Å². The van der Waals surface area contributed by atoms with Gasteiger partial charge >= 0.3 is 6.18 Å². The highest BCUT2D eigenvalue weighted by molar-refractivity contribution is 7.89. The fourth-order valence-corrected chi connectivity index (χ4v) is 7.59. The standard InChI is InChI=1S/C25H25Cl2F3N4O5S/c1-14(2)32-13-24(23(31)37)33(40(38,39)20-8-7-17(26)12-18(20)27)10-9-21(35)34(24)19(22(32)36)11-15-3-5-16(6-4-15)25(28,29)30/h3-8,12,14,19H,9-11,13H2,1-2H3,(H2,31,37). The van der Waals surface area contributed by atoms with E-state index in [0.717, 1.165) is 39.5 Å². The minimum Gasteiger partial charge on any atom is -0.366 e. The van der Waals surface area contributed by atoms with Gasteiger partial charge in [-0.15, -0.1) is 0 Å². The molecule has 2 aliphatic heterocycles. The van der Waals surface area contributed by atoms with Gasteiger partial charge in [0.1, 0.15) is 10.9 Å². The maximum atomic E-state index is 14.0. The van der Waals surface area contributed by atoms with Crippen LogP contribution in [-0.4, -0.2) is 71.1 Å². The molecule has 2 aliphatic rings. The third-order valence-electron chi connectivity index (χ3n) is 7.07. The second kappa shape index (κ2) is 10.5. The van der Waals surface area contributed by atoms with Gasteiger partial charge in [0.25, 0.3) is 5.91 Å². The molecule has 9 nitrogen and oxygen atoms in total. The maximum Gasteiger partial charge on any atom is 0.416 e. The number of carbonyl (C=O) groups excluding carboxylic acids is 3. The summed E-state index contributed by atoms with van der Waals surface area (Å²) in [6.07, 6.45) is -5.27. The zero-order valence-electron chi connectivity index (χ0n) is 21.3. The number of sulfonamides is 1. The van der Waals surface area contributed by atoms with E-state index in [2.05, 4.69) is 0 Å². The normalized spacial score (nSPS) is 22.6. The van der Waals surface area contributed by atoms with Crippen molar-refractivity contribution in [2.24, 2.45) is 5.73 Å². The molecule has 0 radical (unpaired) electrons. The van der Waals surface area contributed by atoms with E-state index in [1.807, 2.05) is 0 Å². The summed E-state index contributed by atoms with van der Waals surface area (Å²) in [6, 6.07) is 5.65. The number of piperazine rings is 1. The van der Waals surface area contributed by atoms with Gasteiger partial charge < -0.3 is 15.5 Å². The van der Waals surface area contributed by atoms with E-state index in [1.54, 1.807) is 13.8 Å². The van der Waals surface area contributed by atoms with Crippen LogP contribution >= 0.6 is 23.2 Å². The van der Waals surface area contributed by atoms with Gasteiger partial charge in [0.2, 0.25) is 27.5 Å². The lowest BCUT2D eigenvalue weighted by Crippen LogP contribution is -2.83. The number of hydrogen-bond donors (Lipinski definition) is 1. The van der Waals surface area contributed by atoms with E-state index in [0.29, 0.717) is 0 Å². The molecule has 40 heavy (non-hydrogen) atoms. The average molecular weight is 621 g/mol. The van der Waals surface area contributed by atoms with Crippen LogP contribution in [0.1, 0.15) is 31.4 Å². The molecule has 2 aromatic rings. The SMILES string of the molecule is CC(C)N1CC2(C(N)=O)N(C(=O)CCN2S(=O)(=O)c2ccc(Cl)cc2Cl)C(Cc2ccc(C(F)(F)F)cc2)C1=O. The van der Waals surface area contributed by atoms with Crippen molar-refractivity contribution in [3.8, 4) is 0 Å². The molecule has 2 heterocycles. The Morgan fingerprint density at radius 2 is 1.75 bits per heavy atom. The van der Waals surface area contributed by atoms with Gasteiger partial charge in [0.15, 0.2) is 0 Å². The summed E-state index contributed by atoms with van der Waals surface area (Å²) < 4.78 is 68.0. The van der Waals surface area contributed by atoms with Crippen molar-refractivity contribution in [2.75, 3.05) is 13.1 Å². The van der Waals surface area contributed by atoms with Crippen LogP contribution in [0.3, 0.4) is 0 Å². The molecule has 0 saturated carbocycles. The maximum absolute atomic E-state index is 14.0. The number of carbonyl (C=O) groups is 3. The highest BCUT2D eigenvalue weighted by Crippen LogP contribution is 2.41. The van der Waals surface area contributed by atoms with Gasteiger partial charge in [-0.25, -0.2) is 8.42 Å². The quantitative estimate of drug-likeness (QED) is 0.531. The summed E-state index contributed by atoms with van der Waals surface area (Å²) in [5, 5.41) is -0.0701. The lowest BCUT2D eigenvalue weighted by Gasteiger charge is -2.58. The number of rotatable bonds is 6. The summed E-state index contributed by atoms with van der Waals surface area (Å²) in [5.74, 6) is -2.52. The van der Waals surface area contributed by atoms with E-state index in [9.17, 15) is 36.0 Å². The van der Waals surface area contributed by atoms with Gasteiger partial charge in [0, 0.05) is 30.5 Å². The third-order valence-corrected chi connectivity index (χ3v) is 9.71. The Hall–Kier alpha value is -2.87. The van der Waals surface area contributed by atoms with Crippen LogP contribution in [-0.2, 0) is 37.0 Å². The number of fused-ring (bicyclic) bond motifs is 1. The molecule has 2 atom stereocenters. The highest BCUT2D eigenvalue weighted by atomic mass is 35.5. The average Bonchev–Trinajstić information content (AvgIpc) is 2.84. The van der Waals surface area contributed by atoms with Crippen LogP contribution in [0.15, 0.2) is 47.4 Å². The first-order chi connectivity index (χ1) is 18.5. The molecule has 0 spiro atoms. The van der Waals surface area contributed by atoms with Gasteiger partial charge in [-0.05, 0) is 49.7 Å². The Morgan fingerprint density at radius 3 is 2.27 bits per heavy atom. The fraction of sp³-hybridized carbons (Fsp3) is 0.400. The van der Waals surface area contributed by atoms with Crippen molar-refractivity contribution in [1.82, 2.24) is 14.1 Å². The predicted octanol–water partition coefficient (Wildman–Crippen LogP) is 3.28. The topological polar surface area (TPSA) is 121 Å². The number of benzene rings is 2. The zero-order chi connectivity index (χ0) is 29.8. The number of nitrogens with two attached hydrogens (primary N) is 1. The van der Waals surface area contributed by atoms with Crippen molar-refractivity contribution >= 4 is 50.9 Å². The van der Waals surface area contributed by atoms with E-state index in [4.69, 9.17) is 28.9 Å². The molecule has 0 bridgehead atoms. The molecule has 2 aromatic carbocycles. The zero-order valence-corrected chi connectivity index (χ0v) is 23.6. The Morgan fingerprint density at radius 1 is 1.12 bits per heavy atom. The lowest BCUT2D eigenvalue weighted by molar-refractivity contribution is -0.186. The predicted molar refractivity (Wildman–Crippen MR) is 140 cm³/mol. The van der Waals surface area contributed by atoms with Crippen LogP contribution < -0.4 is 5.73 Å². The van der Waals surface area contributed by atoms with Gasteiger partial charge in [-0.3, -0.25) is 14.4 Å². The number of hydrogen-bond acceptors (Lipinski definition) is 5. The summed E-state index contributed by atoms with van der Waals surface area (Å²) in [6.45, 7) is 2.28. The number of alkyl halides is 3. The van der Waals surface area contributed by atoms with Crippen LogP contribution in [0.5, 0.6) is 0 Å². The number of halogens is 5. The Bertz CT molecular complexity index is 1470. The van der Waals surface area contributed by atoms with Crippen LogP contribution in [0.25, 0.3) is 0 Å². The number of primary amides is 1. The van der Waals surface area contributed by atoms with Crippen molar-refractivity contribution in [3.05, 3.63) is 63.6 Å². The van der Waals surface area contributed by atoms with Crippen LogP contribution in [0, 0.1) is 0 Å². The van der Waals surface area contributed by atoms with Crippen molar-refractivity contribution in [1.29, 1.82) is 0 Å². The second-order valence-electron chi connectivity index (χ2n) is 9.82. The minimum absolute atomic E-state index is 0.162. The molecule has 4 rings (SSSR count). The molecular weight excluding hydrogens is 596 g/mol. The first-order valence-corrected chi connectivity index (χ1v) is 14.3. The molecule has 2 N–H and O–H groups in total. The molecule has 0 aliphatic carbocycles. The van der Waals surface area contributed by atoms with Crippen LogP contribution in [0.2, 0.25) is 10.0 Å². The smallest absolute Gasteiger partial charge is 0.366 e. The van der Waals surface area contributed by atoms with E-state index >= 15 is 0 Å². The lowest BCUT2D eigenvalue weighted by atomic mass is 9.90. The van der Waals surface area contributed by atoms with Crippen LogP contribution in [0.4, 0.5) is 13.2 Å². The molecule has 2 unspecified atom stereocenters. The summed E-state index contributed by atoms with van der Waals surface area (Å²) >= 11 is 12.1.